The van der Waals surface area contributed by atoms with Crippen LogP contribution in [0.4, 0.5) is 0 Å². The molecule has 0 saturated carbocycles. The molecule has 0 atom stereocenters. The molecule has 0 aliphatic carbocycles. The Morgan fingerprint density at radius 1 is 0.867 bits per heavy atom. The highest BCUT2D eigenvalue weighted by Gasteiger charge is 2.13. The second kappa shape index (κ2) is 12.2. The third-order valence-corrected chi connectivity index (χ3v) is 4.10. The number of hydrogen-bond donors (Lipinski definition) is 0. The Bertz CT molecular complexity index is 886. The van der Waals surface area contributed by atoms with Gasteiger partial charge in [0.25, 0.3) is 0 Å². The summed E-state index contributed by atoms with van der Waals surface area (Å²) in [6, 6.07) is 14.7. The highest BCUT2D eigenvalue weighted by Crippen LogP contribution is 2.29. The number of hydrogen-bond acceptors (Lipinski definition) is 6. The molecule has 30 heavy (non-hydrogen) atoms. The van der Waals surface area contributed by atoms with Gasteiger partial charge in [0.1, 0.15) is 0 Å². The quantitative estimate of drug-likeness (QED) is 0.248. The average Bonchev–Trinajstić information content (AvgIpc) is 2.77. The molecular weight excluding hydrogens is 384 g/mol. The molecule has 0 N–H and O–H groups in total. The second-order valence-electron chi connectivity index (χ2n) is 6.45. The first kappa shape index (κ1) is 22.9. The predicted octanol–water partition coefficient (Wildman–Crippen LogP) is 4.51. The molecule has 0 fully saturated rings. The molecule has 0 aliphatic heterocycles. The number of aryl methyl sites for hydroxylation is 1. The van der Waals surface area contributed by atoms with E-state index in [4.69, 9.17) is 14.2 Å². The topological polar surface area (TPSA) is 78.9 Å². The van der Waals surface area contributed by atoms with Crippen LogP contribution in [0.2, 0.25) is 0 Å². The van der Waals surface area contributed by atoms with Gasteiger partial charge in [-0.05, 0) is 42.2 Å². The third-order valence-electron chi connectivity index (χ3n) is 4.10. The Kier molecular flexibility index (Phi) is 9.31. The first-order chi connectivity index (χ1) is 14.5. The Labute approximate surface area is 176 Å². The van der Waals surface area contributed by atoms with Gasteiger partial charge in [0.05, 0.1) is 6.61 Å². The van der Waals surface area contributed by atoms with Gasteiger partial charge in [0, 0.05) is 18.9 Å². The second-order valence-corrected chi connectivity index (χ2v) is 6.45. The predicted molar refractivity (Wildman–Crippen MR) is 113 cm³/mol. The van der Waals surface area contributed by atoms with E-state index in [0.29, 0.717) is 12.2 Å². The third kappa shape index (κ3) is 7.91. The number of carbonyl (C=O) groups excluding carboxylic acids is 3. The van der Waals surface area contributed by atoms with Crippen LogP contribution in [0, 0.1) is 0 Å². The molecule has 2 rings (SSSR count). The smallest absolute Gasteiger partial charge is 0.330 e. The molecule has 0 radical (unpaired) electrons. The van der Waals surface area contributed by atoms with E-state index in [-0.39, 0.29) is 24.3 Å². The van der Waals surface area contributed by atoms with Crippen LogP contribution in [-0.2, 0) is 25.5 Å². The van der Waals surface area contributed by atoms with Crippen molar-refractivity contribution in [1.82, 2.24) is 0 Å². The largest absolute Gasteiger partial charge is 0.463 e. The van der Waals surface area contributed by atoms with Crippen LogP contribution in [-0.4, -0.2) is 24.5 Å². The van der Waals surface area contributed by atoms with E-state index in [2.05, 4.69) is 0 Å². The summed E-state index contributed by atoms with van der Waals surface area (Å²) < 4.78 is 15.6. The van der Waals surface area contributed by atoms with Gasteiger partial charge in [-0.3, -0.25) is 9.59 Å². The number of ether oxygens (including phenoxy) is 3. The van der Waals surface area contributed by atoms with Gasteiger partial charge in [0.15, 0.2) is 11.5 Å². The normalized spacial score (nSPS) is 10.6. The number of rotatable bonds is 10. The zero-order chi connectivity index (χ0) is 21.8. The molecule has 6 nitrogen and oxygen atoms in total. The van der Waals surface area contributed by atoms with Crippen LogP contribution in [0.3, 0.4) is 0 Å². The molecule has 0 aliphatic rings. The van der Waals surface area contributed by atoms with Gasteiger partial charge in [-0.1, -0.05) is 50.2 Å². The van der Waals surface area contributed by atoms with E-state index in [1.165, 1.54) is 23.8 Å². The summed E-state index contributed by atoms with van der Waals surface area (Å²) in [5.41, 5.74) is 1.80. The van der Waals surface area contributed by atoms with Gasteiger partial charge in [0.2, 0.25) is 0 Å². The van der Waals surface area contributed by atoms with E-state index < -0.39 is 17.9 Å². The Hall–Kier alpha value is -3.41. The van der Waals surface area contributed by atoms with E-state index in [0.717, 1.165) is 12.8 Å². The minimum Gasteiger partial charge on any atom is -0.463 e. The summed E-state index contributed by atoms with van der Waals surface area (Å²) in [4.78, 5) is 35.2. The van der Waals surface area contributed by atoms with Crippen LogP contribution in [0.25, 0.3) is 6.08 Å². The van der Waals surface area contributed by atoms with Crippen LogP contribution in [0.1, 0.15) is 44.2 Å². The fourth-order valence-corrected chi connectivity index (χ4v) is 2.49. The summed E-state index contributed by atoms with van der Waals surface area (Å²) in [6.07, 6.45) is 4.80. The molecule has 158 valence electrons. The molecule has 2 aromatic carbocycles. The maximum absolute atomic E-state index is 11.9. The van der Waals surface area contributed by atoms with Crippen LogP contribution < -0.4 is 9.47 Å². The van der Waals surface area contributed by atoms with Gasteiger partial charge >= 0.3 is 17.9 Å². The lowest BCUT2D eigenvalue weighted by molar-refractivity contribution is -0.138. The standard InChI is InChI=1S/C24H26O6/c1-3-22(25)29-20-14-12-19(17-21(20)30-23(26)4-2)13-15-24(27)28-16-8-11-18-9-6-5-7-10-18/h5-7,9-10,12-15,17H,3-4,8,11,16H2,1-2H3/b15-13+. The highest BCUT2D eigenvalue weighted by molar-refractivity contribution is 5.87. The minimum absolute atomic E-state index is 0.127. The molecule has 0 spiro atoms. The lowest BCUT2D eigenvalue weighted by Gasteiger charge is -2.10. The highest BCUT2D eigenvalue weighted by atomic mass is 16.6. The zero-order valence-corrected chi connectivity index (χ0v) is 17.3. The first-order valence-corrected chi connectivity index (χ1v) is 9.96. The summed E-state index contributed by atoms with van der Waals surface area (Å²) in [5.74, 6) is -1.07. The van der Waals surface area contributed by atoms with Gasteiger partial charge in [-0.15, -0.1) is 0 Å². The van der Waals surface area contributed by atoms with Crippen molar-refractivity contribution in [2.75, 3.05) is 6.61 Å². The van der Waals surface area contributed by atoms with Crippen LogP contribution in [0.5, 0.6) is 11.5 Å². The van der Waals surface area contributed by atoms with E-state index in [1.807, 2.05) is 30.3 Å². The van der Waals surface area contributed by atoms with Crippen molar-refractivity contribution in [3.8, 4) is 11.5 Å². The summed E-state index contributed by atoms with van der Waals surface area (Å²) >= 11 is 0. The Balaban J connectivity index is 1.94. The molecule has 0 amide bonds. The molecule has 0 heterocycles. The summed E-state index contributed by atoms with van der Waals surface area (Å²) in [5, 5.41) is 0. The lowest BCUT2D eigenvalue weighted by Crippen LogP contribution is -2.10. The Morgan fingerprint density at radius 2 is 1.53 bits per heavy atom. The number of carbonyl (C=O) groups is 3. The van der Waals surface area contributed by atoms with Crippen molar-refractivity contribution in [2.24, 2.45) is 0 Å². The molecule has 0 aromatic heterocycles. The van der Waals surface area contributed by atoms with E-state index in [9.17, 15) is 14.4 Å². The molecule has 0 bridgehead atoms. The lowest BCUT2D eigenvalue weighted by atomic mass is 10.1. The summed E-state index contributed by atoms with van der Waals surface area (Å²) in [7, 11) is 0. The maximum atomic E-state index is 11.9. The minimum atomic E-state index is -0.461. The molecule has 0 unspecified atom stereocenters. The van der Waals surface area contributed by atoms with E-state index >= 15 is 0 Å². The van der Waals surface area contributed by atoms with Gasteiger partial charge in [-0.2, -0.15) is 0 Å². The molecule has 0 saturated heterocycles. The average molecular weight is 410 g/mol. The zero-order valence-electron chi connectivity index (χ0n) is 17.3. The molecular formula is C24H26O6. The monoisotopic (exact) mass is 410 g/mol. The van der Waals surface area contributed by atoms with Crippen LogP contribution in [0.15, 0.2) is 54.6 Å². The van der Waals surface area contributed by atoms with Crippen molar-refractivity contribution in [2.45, 2.75) is 39.5 Å². The van der Waals surface area contributed by atoms with Crippen molar-refractivity contribution in [3.63, 3.8) is 0 Å². The van der Waals surface area contributed by atoms with Gasteiger partial charge in [-0.25, -0.2) is 4.79 Å². The summed E-state index contributed by atoms with van der Waals surface area (Å²) in [6.45, 7) is 3.66. The van der Waals surface area contributed by atoms with Crippen LogP contribution >= 0.6 is 0 Å². The molecule has 6 heteroatoms. The van der Waals surface area contributed by atoms with Crippen molar-refractivity contribution < 1.29 is 28.6 Å². The maximum Gasteiger partial charge on any atom is 0.330 e. The fourth-order valence-electron chi connectivity index (χ4n) is 2.49. The fraction of sp³-hybridized carbons (Fsp3) is 0.292. The Morgan fingerprint density at radius 3 is 2.20 bits per heavy atom. The SMILES string of the molecule is CCC(=O)Oc1ccc(/C=C/C(=O)OCCCc2ccccc2)cc1OC(=O)CC. The van der Waals surface area contributed by atoms with Crippen molar-refractivity contribution >= 4 is 24.0 Å². The van der Waals surface area contributed by atoms with Crippen molar-refractivity contribution in [3.05, 3.63) is 65.7 Å². The number of esters is 3. The molecule has 2 aromatic rings. The first-order valence-electron chi connectivity index (χ1n) is 9.96. The van der Waals surface area contributed by atoms with Crippen molar-refractivity contribution in [1.29, 1.82) is 0 Å². The van der Waals surface area contributed by atoms with E-state index in [1.54, 1.807) is 26.0 Å². The van der Waals surface area contributed by atoms with Gasteiger partial charge < -0.3 is 14.2 Å². The number of benzene rings is 2.